The van der Waals surface area contributed by atoms with Gasteiger partial charge in [0.05, 0.1) is 10.8 Å². The zero-order valence-corrected chi connectivity index (χ0v) is 14.0. The molecule has 7 heteroatoms. The summed E-state index contributed by atoms with van der Waals surface area (Å²) in [6.45, 7) is 4.69. The molecule has 120 valence electrons. The molecule has 1 N–H and O–H groups in total. The number of thioether (sulfide) groups is 1. The lowest BCUT2D eigenvalue weighted by Crippen LogP contribution is -2.31. The Hall–Kier alpha value is -2.15. The summed E-state index contributed by atoms with van der Waals surface area (Å²) in [5.41, 5.74) is 1.64. The minimum Gasteiger partial charge on any atom is -0.355 e. The summed E-state index contributed by atoms with van der Waals surface area (Å²) in [7, 11) is 0. The van der Waals surface area contributed by atoms with Crippen molar-refractivity contribution in [2.24, 2.45) is 0 Å². The monoisotopic (exact) mass is 329 g/mol. The molecule has 0 aliphatic carbocycles. The first-order valence-corrected chi connectivity index (χ1v) is 8.61. The number of para-hydroxylation sites is 1. The summed E-state index contributed by atoms with van der Waals surface area (Å²) in [5.74, 6) is 0.0188. The van der Waals surface area contributed by atoms with E-state index in [-0.39, 0.29) is 11.2 Å². The molecule has 2 aromatic heterocycles. The molecule has 0 saturated heterocycles. The molecule has 6 nitrogen and oxygen atoms in total. The average Bonchev–Trinajstić information content (AvgIpc) is 2.97. The Morgan fingerprint density at radius 3 is 3.04 bits per heavy atom. The largest absolute Gasteiger partial charge is 0.355 e. The van der Waals surface area contributed by atoms with Crippen LogP contribution >= 0.6 is 11.8 Å². The lowest BCUT2D eigenvalue weighted by atomic mass is 10.2. The molecule has 23 heavy (non-hydrogen) atoms. The molecule has 0 spiro atoms. The molecule has 0 unspecified atom stereocenters. The maximum Gasteiger partial charge on any atom is 0.233 e. The maximum atomic E-state index is 12.0. The predicted octanol–water partition coefficient (Wildman–Crippen LogP) is 2.67. The van der Waals surface area contributed by atoms with Crippen molar-refractivity contribution in [2.45, 2.75) is 37.1 Å². The van der Waals surface area contributed by atoms with Gasteiger partial charge in [-0.1, -0.05) is 37.2 Å². The van der Waals surface area contributed by atoms with Gasteiger partial charge in [0.15, 0.2) is 5.65 Å². The van der Waals surface area contributed by atoms with E-state index >= 15 is 0 Å². The SMILES string of the molecule is CCCCNC(=O)[C@H](C)Sc1nc2c3ccccc3ncn2n1. The molecule has 1 atom stereocenters. The molecule has 1 amide bonds. The number of hydrogen-bond acceptors (Lipinski definition) is 5. The first-order valence-electron chi connectivity index (χ1n) is 7.73. The van der Waals surface area contributed by atoms with Crippen molar-refractivity contribution in [3.8, 4) is 0 Å². The number of rotatable bonds is 6. The lowest BCUT2D eigenvalue weighted by molar-refractivity contribution is -0.120. The fourth-order valence-corrected chi connectivity index (χ4v) is 3.03. The van der Waals surface area contributed by atoms with Gasteiger partial charge >= 0.3 is 0 Å². The van der Waals surface area contributed by atoms with Gasteiger partial charge in [0.2, 0.25) is 11.1 Å². The van der Waals surface area contributed by atoms with Gasteiger partial charge in [-0.2, -0.15) is 0 Å². The topological polar surface area (TPSA) is 72.2 Å². The second-order valence-corrected chi connectivity index (χ2v) is 6.64. The molecule has 0 bridgehead atoms. The highest BCUT2D eigenvalue weighted by molar-refractivity contribution is 8.00. The number of amides is 1. The van der Waals surface area contributed by atoms with Crippen molar-refractivity contribution in [3.63, 3.8) is 0 Å². The van der Waals surface area contributed by atoms with Gasteiger partial charge in [0, 0.05) is 11.9 Å². The van der Waals surface area contributed by atoms with Crippen molar-refractivity contribution >= 4 is 34.2 Å². The minimum absolute atomic E-state index is 0.0188. The van der Waals surface area contributed by atoms with Crippen LogP contribution in [0.4, 0.5) is 0 Å². The Balaban J connectivity index is 1.78. The zero-order chi connectivity index (χ0) is 16.2. The number of carbonyl (C=O) groups is 1. The predicted molar refractivity (Wildman–Crippen MR) is 91.5 cm³/mol. The van der Waals surface area contributed by atoms with E-state index in [0.717, 1.165) is 29.4 Å². The van der Waals surface area contributed by atoms with Crippen molar-refractivity contribution < 1.29 is 4.79 Å². The van der Waals surface area contributed by atoms with Crippen LogP contribution in [-0.4, -0.2) is 37.3 Å². The summed E-state index contributed by atoms with van der Waals surface area (Å²) in [4.78, 5) is 21.0. The van der Waals surface area contributed by atoms with Crippen molar-refractivity contribution in [1.82, 2.24) is 24.9 Å². The minimum atomic E-state index is -0.233. The van der Waals surface area contributed by atoms with Gasteiger partial charge in [0.25, 0.3) is 0 Å². The number of nitrogens with zero attached hydrogens (tertiary/aromatic N) is 4. The summed E-state index contributed by atoms with van der Waals surface area (Å²) < 4.78 is 1.66. The lowest BCUT2D eigenvalue weighted by Gasteiger charge is -2.09. The third-order valence-electron chi connectivity index (χ3n) is 3.54. The van der Waals surface area contributed by atoms with E-state index in [1.54, 1.807) is 10.8 Å². The molecule has 1 aromatic carbocycles. The molecule has 0 aliphatic heterocycles. The molecular weight excluding hydrogens is 310 g/mol. The van der Waals surface area contributed by atoms with E-state index in [1.807, 2.05) is 31.2 Å². The summed E-state index contributed by atoms with van der Waals surface area (Å²) >= 11 is 1.36. The van der Waals surface area contributed by atoms with E-state index in [1.165, 1.54) is 11.8 Å². The van der Waals surface area contributed by atoms with Crippen LogP contribution in [0.3, 0.4) is 0 Å². The second kappa shape index (κ2) is 6.95. The highest BCUT2D eigenvalue weighted by Gasteiger charge is 2.17. The highest BCUT2D eigenvalue weighted by atomic mass is 32.2. The fourth-order valence-electron chi connectivity index (χ4n) is 2.25. The van der Waals surface area contributed by atoms with Gasteiger partial charge < -0.3 is 5.32 Å². The molecule has 2 heterocycles. The Morgan fingerprint density at radius 2 is 2.22 bits per heavy atom. The fraction of sp³-hybridized carbons (Fsp3) is 0.375. The van der Waals surface area contributed by atoms with Gasteiger partial charge in [-0.05, 0) is 25.5 Å². The Bertz CT molecular complexity index is 832. The van der Waals surface area contributed by atoms with Crippen molar-refractivity contribution in [2.75, 3.05) is 6.54 Å². The molecule has 0 radical (unpaired) electrons. The Morgan fingerprint density at radius 1 is 1.39 bits per heavy atom. The normalized spacial score (nSPS) is 12.6. The summed E-state index contributed by atoms with van der Waals surface area (Å²) in [6, 6.07) is 7.82. The van der Waals surface area contributed by atoms with Crippen LogP contribution in [0.5, 0.6) is 0 Å². The first-order chi connectivity index (χ1) is 11.2. The Labute approximate surface area is 138 Å². The van der Waals surface area contributed by atoms with Crippen LogP contribution in [-0.2, 0) is 4.79 Å². The molecule has 0 saturated carbocycles. The number of aromatic nitrogens is 4. The molecule has 3 aromatic rings. The zero-order valence-electron chi connectivity index (χ0n) is 13.2. The van der Waals surface area contributed by atoms with E-state index in [9.17, 15) is 4.79 Å². The smallest absolute Gasteiger partial charge is 0.233 e. The quantitative estimate of drug-likeness (QED) is 0.556. The molecule has 0 fully saturated rings. The number of hydrogen-bond donors (Lipinski definition) is 1. The standard InChI is InChI=1S/C16H19N5OS/c1-3-4-9-17-15(22)11(2)23-16-19-14-12-7-5-6-8-13(12)18-10-21(14)20-16/h5-8,10-11H,3-4,9H2,1-2H3,(H,17,22)/t11-/m0/s1. The number of nitrogens with one attached hydrogen (secondary N) is 1. The first kappa shape index (κ1) is 15.7. The van der Waals surface area contributed by atoms with Gasteiger partial charge in [-0.25, -0.2) is 14.5 Å². The molecule has 0 aliphatic rings. The van der Waals surface area contributed by atoms with E-state index < -0.39 is 0 Å². The van der Waals surface area contributed by atoms with Crippen molar-refractivity contribution in [1.29, 1.82) is 0 Å². The van der Waals surface area contributed by atoms with Crippen LogP contribution in [0.1, 0.15) is 26.7 Å². The number of benzene rings is 1. The second-order valence-electron chi connectivity index (χ2n) is 5.33. The summed E-state index contributed by atoms with van der Waals surface area (Å²) in [5, 5.41) is 8.65. The van der Waals surface area contributed by atoms with Crippen LogP contribution in [0, 0.1) is 0 Å². The number of carbonyl (C=O) groups excluding carboxylic acids is 1. The van der Waals surface area contributed by atoms with Crippen LogP contribution < -0.4 is 5.32 Å². The molecular formula is C16H19N5OS. The van der Waals surface area contributed by atoms with Gasteiger partial charge in [-0.15, -0.1) is 5.10 Å². The third-order valence-corrected chi connectivity index (χ3v) is 4.50. The van der Waals surface area contributed by atoms with Crippen molar-refractivity contribution in [3.05, 3.63) is 30.6 Å². The van der Waals surface area contributed by atoms with Crippen LogP contribution in [0.2, 0.25) is 0 Å². The van der Waals surface area contributed by atoms with Crippen LogP contribution in [0.25, 0.3) is 16.6 Å². The van der Waals surface area contributed by atoms with Crippen LogP contribution in [0.15, 0.2) is 35.7 Å². The maximum absolute atomic E-state index is 12.0. The number of unbranched alkanes of at least 4 members (excludes halogenated alkanes) is 1. The summed E-state index contributed by atoms with van der Waals surface area (Å²) in [6.07, 6.45) is 3.71. The Kier molecular flexibility index (Phi) is 4.76. The van der Waals surface area contributed by atoms with Gasteiger partial charge in [-0.3, -0.25) is 4.79 Å². The third kappa shape index (κ3) is 3.44. The average molecular weight is 329 g/mol. The molecule has 3 rings (SSSR count). The van der Waals surface area contributed by atoms with E-state index in [2.05, 4.69) is 27.3 Å². The van der Waals surface area contributed by atoms with Gasteiger partial charge in [0.1, 0.15) is 6.33 Å². The highest BCUT2D eigenvalue weighted by Crippen LogP contribution is 2.23. The van der Waals surface area contributed by atoms with E-state index in [4.69, 9.17) is 0 Å². The van der Waals surface area contributed by atoms with E-state index in [0.29, 0.717) is 11.7 Å². The number of fused-ring (bicyclic) bond motifs is 3.